The van der Waals surface area contributed by atoms with Gasteiger partial charge in [0.1, 0.15) is 5.82 Å². The molecule has 20 heavy (non-hydrogen) atoms. The number of rotatable bonds is 7. The van der Waals surface area contributed by atoms with Crippen LogP contribution in [0.3, 0.4) is 0 Å². The summed E-state index contributed by atoms with van der Waals surface area (Å²) in [6.45, 7) is 5.85. The van der Waals surface area contributed by atoms with E-state index in [-0.39, 0.29) is 5.82 Å². The molecular formula is C16H25FN2O. The summed E-state index contributed by atoms with van der Waals surface area (Å²) < 4.78 is 18.5. The smallest absolute Gasteiger partial charge is 0.123 e. The maximum absolute atomic E-state index is 12.8. The zero-order valence-corrected chi connectivity index (χ0v) is 12.4. The van der Waals surface area contributed by atoms with E-state index in [2.05, 4.69) is 24.2 Å². The Morgan fingerprint density at radius 3 is 2.80 bits per heavy atom. The highest BCUT2D eigenvalue weighted by Gasteiger charge is 2.21. The minimum atomic E-state index is -0.177. The van der Waals surface area contributed by atoms with Crippen LogP contribution in [0.5, 0.6) is 0 Å². The van der Waals surface area contributed by atoms with E-state index >= 15 is 0 Å². The number of ether oxygens (including phenoxy) is 1. The summed E-state index contributed by atoms with van der Waals surface area (Å²) in [7, 11) is 2.09. The van der Waals surface area contributed by atoms with Gasteiger partial charge in [-0.3, -0.25) is 0 Å². The lowest BCUT2D eigenvalue weighted by Gasteiger charge is -2.22. The normalized spacial score (nSPS) is 20.5. The second kappa shape index (κ2) is 7.72. The second-order valence-electron chi connectivity index (χ2n) is 5.66. The highest BCUT2D eigenvalue weighted by Crippen LogP contribution is 2.15. The van der Waals surface area contributed by atoms with Crippen molar-refractivity contribution >= 4 is 0 Å². The van der Waals surface area contributed by atoms with Crippen LogP contribution in [0.25, 0.3) is 0 Å². The quantitative estimate of drug-likeness (QED) is 0.830. The number of nitrogens with one attached hydrogen (secondary N) is 1. The third-order valence-corrected chi connectivity index (χ3v) is 3.85. The van der Waals surface area contributed by atoms with Crippen LogP contribution in [0.4, 0.5) is 4.39 Å². The van der Waals surface area contributed by atoms with Crippen molar-refractivity contribution in [1.82, 2.24) is 10.2 Å². The Morgan fingerprint density at radius 2 is 2.15 bits per heavy atom. The minimum absolute atomic E-state index is 0.177. The van der Waals surface area contributed by atoms with Gasteiger partial charge in [-0.05, 0) is 44.5 Å². The van der Waals surface area contributed by atoms with Gasteiger partial charge in [0, 0.05) is 32.3 Å². The maximum atomic E-state index is 12.8. The first-order valence-corrected chi connectivity index (χ1v) is 7.43. The van der Waals surface area contributed by atoms with E-state index in [1.807, 2.05) is 12.1 Å². The molecule has 1 saturated heterocycles. The first kappa shape index (κ1) is 15.4. The molecule has 1 aromatic carbocycles. The lowest BCUT2D eigenvalue weighted by Crippen LogP contribution is -2.40. The fourth-order valence-corrected chi connectivity index (χ4v) is 2.59. The topological polar surface area (TPSA) is 24.5 Å². The van der Waals surface area contributed by atoms with Gasteiger partial charge in [-0.15, -0.1) is 0 Å². The molecule has 0 aliphatic carbocycles. The summed E-state index contributed by atoms with van der Waals surface area (Å²) in [5.74, 6) is -0.177. The zero-order valence-electron chi connectivity index (χ0n) is 12.4. The first-order chi connectivity index (χ1) is 9.65. The predicted molar refractivity (Wildman–Crippen MR) is 79.2 cm³/mol. The minimum Gasteiger partial charge on any atom is -0.377 e. The molecule has 1 N–H and O–H groups in total. The van der Waals surface area contributed by atoms with E-state index in [0.717, 1.165) is 31.8 Å². The second-order valence-corrected chi connectivity index (χ2v) is 5.66. The van der Waals surface area contributed by atoms with Crippen molar-refractivity contribution in [2.24, 2.45) is 0 Å². The van der Waals surface area contributed by atoms with Gasteiger partial charge >= 0.3 is 0 Å². The number of hydrogen-bond acceptors (Lipinski definition) is 3. The van der Waals surface area contributed by atoms with Crippen molar-refractivity contribution < 1.29 is 9.13 Å². The average molecular weight is 280 g/mol. The van der Waals surface area contributed by atoms with Crippen molar-refractivity contribution in [2.45, 2.75) is 38.5 Å². The molecule has 1 aromatic rings. The van der Waals surface area contributed by atoms with Gasteiger partial charge in [0.05, 0.1) is 6.10 Å². The van der Waals surface area contributed by atoms with Crippen LogP contribution in [0.1, 0.15) is 25.3 Å². The SMILES string of the molecule is CC(NCCN(C)Cc1ccc(F)cc1)C1CCCO1. The van der Waals surface area contributed by atoms with Crippen molar-refractivity contribution in [3.63, 3.8) is 0 Å². The summed E-state index contributed by atoms with van der Waals surface area (Å²) in [4.78, 5) is 2.24. The molecule has 0 saturated carbocycles. The van der Waals surface area contributed by atoms with Crippen molar-refractivity contribution in [3.05, 3.63) is 35.6 Å². The van der Waals surface area contributed by atoms with Crippen LogP contribution in [0.15, 0.2) is 24.3 Å². The lowest BCUT2D eigenvalue weighted by atomic mass is 10.1. The van der Waals surface area contributed by atoms with E-state index in [1.54, 1.807) is 0 Å². The molecule has 0 aromatic heterocycles. The van der Waals surface area contributed by atoms with Crippen molar-refractivity contribution in [3.8, 4) is 0 Å². The summed E-state index contributed by atoms with van der Waals surface area (Å²) in [5, 5.41) is 3.52. The number of hydrogen-bond donors (Lipinski definition) is 1. The molecule has 3 nitrogen and oxygen atoms in total. The maximum Gasteiger partial charge on any atom is 0.123 e. The molecule has 0 spiro atoms. The Morgan fingerprint density at radius 1 is 1.40 bits per heavy atom. The Kier molecular flexibility index (Phi) is 5.95. The number of nitrogens with zero attached hydrogens (tertiary/aromatic N) is 1. The molecule has 1 aliphatic rings. The Hall–Kier alpha value is -0.970. The van der Waals surface area contributed by atoms with Crippen molar-refractivity contribution in [2.75, 3.05) is 26.7 Å². The van der Waals surface area contributed by atoms with Gasteiger partial charge in [0.2, 0.25) is 0 Å². The molecule has 4 heteroatoms. The lowest BCUT2D eigenvalue weighted by molar-refractivity contribution is 0.0829. The first-order valence-electron chi connectivity index (χ1n) is 7.43. The largest absolute Gasteiger partial charge is 0.377 e. The Balaban J connectivity index is 1.64. The molecule has 1 aliphatic heterocycles. The number of halogens is 1. The molecule has 0 bridgehead atoms. The summed E-state index contributed by atoms with van der Waals surface area (Å²) in [6, 6.07) is 7.13. The summed E-state index contributed by atoms with van der Waals surface area (Å²) >= 11 is 0. The van der Waals surface area contributed by atoms with Gasteiger partial charge in [-0.25, -0.2) is 4.39 Å². The summed E-state index contributed by atoms with van der Waals surface area (Å²) in [6.07, 6.45) is 2.72. The van der Waals surface area contributed by atoms with E-state index in [4.69, 9.17) is 4.74 Å². The predicted octanol–water partition coefficient (Wildman–Crippen LogP) is 2.41. The van der Waals surface area contributed by atoms with Crippen LogP contribution >= 0.6 is 0 Å². The van der Waals surface area contributed by atoms with Crippen LogP contribution in [-0.2, 0) is 11.3 Å². The third kappa shape index (κ3) is 4.85. The van der Waals surface area contributed by atoms with E-state index < -0.39 is 0 Å². The fourth-order valence-electron chi connectivity index (χ4n) is 2.59. The van der Waals surface area contributed by atoms with E-state index in [1.165, 1.54) is 25.0 Å². The van der Waals surface area contributed by atoms with Gasteiger partial charge in [0.25, 0.3) is 0 Å². The third-order valence-electron chi connectivity index (χ3n) is 3.85. The fraction of sp³-hybridized carbons (Fsp3) is 0.625. The van der Waals surface area contributed by atoms with Crippen LogP contribution in [0, 0.1) is 5.82 Å². The molecular weight excluding hydrogens is 255 g/mol. The van der Waals surface area contributed by atoms with E-state index in [0.29, 0.717) is 12.1 Å². The van der Waals surface area contributed by atoms with Gasteiger partial charge in [-0.1, -0.05) is 12.1 Å². The van der Waals surface area contributed by atoms with Crippen LogP contribution in [0.2, 0.25) is 0 Å². The van der Waals surface area contributed by atoms with Gasteiger partial charge in [0.15, 0.2) is 0 Å². The number of benzene rings is 1. The highest BCUT2D eigenvalue weighted by molar-refractivity contribution is 5.15. The van der Waals surface area contributed by atoms with Crippen LogP contribution in [-0.4, -0.2) is 43.8 Å². The molecule has 2 rings (SSSR count). The highest BCUT2D eigenvalue weighted by atomic mass is 19.1. The monoisotopic (exact) mass is 280 g/mol. The molecule has 2 atom stereocenters. The average Bonchev–Trinajstić information content (AvgIpc) is 2.95. The Bertz CT molecular complexity index is 390. The summed E-state index contributed by atoms with van der Waals surface area (Å²) in [5.41, 5.74) is 1.14. The van der Waals surface area contributed by atoms with Crippen LogP contribution < -0.4 is 5.32 Å². The molecule has 0 radical (unpaired) electrons. The standard InChI is InChI=1S/C16H25FN2O/c1-13(16-4-3-11-20-16)18-9-10-19(2)12-14-5-7-15(17)8-6-14/h5-8,13,16,18H,3-4,9-12H2,1-2H3. The van der Waals surface area contributed by atoms with Gasteiger partial charge < -0.3 is 15.0 Å². The molecule has 112 valence electrons. The Labute approximate surface area is 121 Å². The number of likely N-dealkylation sites (N-methyl/N-ethyl adjacent to an activating group) is 1. The molecule has 2 unspecified atom stereocenters. The molecule has 0 amide bonds. The van der Waals surface area contributed by atoms with E-state index in [9.17, 15) is 4.39 Å². The molecule has 1 fully saturated rings. The van der Waals surface area contributed by atoms with Gasteiger partial charge in [-0.2, -0.15) is 0 Å². The van der Waals surface area contributed by atoms with Crippen molar-refractivity contribution in [1.29, 1.82) is 0 Å². The molecule has 1 heterocycles. The zero-order chi connectivity index (χ0) is 14.4.